The van der Waals surface area contributed by atoms with Crippen molar-refractivity contribution in [2.24, 2.45) is 0 Å². The Bertz CT molecular complexity index is 1050. The number of nitrogen functional groups attached to an aromatic ring is 1. The van der Waals surface area contributed by atoms with Gasteiger partial charge in [-0.15, -0.1) is 11.3 Å². The van der Waals surface area contributed by atoms with E-state index < -0.39 is 17.4 Å². The molecular formula is C17H11N3O3S. The summed E-state index contributed by atoms with van der Waals surface area (Å²) in [6, 6.07) is 12.4. The second kappa shape index (κ2) is 5.17. The first-order chi connectivity index (χ1) is 11.6. The molecule has 0 radical (unpaired) electrons. The van der Waals surface area contributed by atoms with Gasteiger partial charge >= 0.3 is 0 Å². The number of nitrogens with one attached hydrogen (secondary N) is 1. The zero-order chi connectivity index (χ0) is 16.8. The Labute approximate surface area is 140 Å². The fourth-order valence-corrected chi connectivity index (χ4v) is 3.51. The molecule has 1 aliphatic heterocycles. The summed E-state index contributed by atoms with van der Waals surface area (Å²) in [7, 11) is 0. The summed E-state index contributed by atoms with van der Waals surface area (Å²) in [6.45, 7) is 0. The lowest BCUT2D eigenvalue weighted by Crippen LogP contribution is -2.24. The van der Waals surface area contributed by atoms with Crippen LogP contribution in [0.3, 0.4) is 0 Å². The Morgan fingerprint density at radius 3 is 2.58 bits per heavy atom. The SMILES string of the molecule is Nc1c2c(cc(=O)n1-c1cccc(-c3cccs3)c1)C(=O)NC2=O. The molecule has 3 heterocycles. The third-order valence-corrected chi connectivity index (χ3v) is 4.78. The number of hydrogen-bond donors (Lipinski definition) is 2. The fourth-order valence-electron chi connectivity index (χ4n) is 2.79. The average molecular weight is 337 g/mol. The number of benzene rings is 1. The number of nitrogens with two attached hydrogens (primary N) is 1. The summed E-state index contributed by atoms with van der Waals surface area (Å²) in [4.78, 5) is 37.1. The number of carbonyl (C=O) groups excluding carboxylic acids is 2. The van der Waals surface area contributed by atoms with Crippen molar-refractivity contribution in [3.05, 3.63) is 69.3 Å². The molecule has 24 heavy (non-hydrogen) atoms. The molecule has 0 atom stereocenters. The summed E-state index contributed by atoms with van der Waals surface area (Å²) >= 11 is 1.58. The molecule has 0 aliphatic carbocycles. The second-order valence-electron chi connectivity index (χ2n) is 5.30. The molecule has 3 aromatic rings. The Morgan fingerprint density at radius 2 is 1.83 bits per heavy atom. The summed E-state index contributed by atoms with van der Waals surface area (Å²) in [5.74, 6) is -1.22. The standard InChI is InChI=1S/C17H11N3O3S/c18-15-14-11(16(22)19-17(14)23)8-13(21)20(15)10-4-1-3-9(7-10)12-5-2-6-24-12/h1-8H,18H2,(H,19,22,23). The predicted octanol–water partition coefficient (Wildman–Crippen LogP) is 2.03. The largest absolute Gasteiger partial charge is 0.384 e. The van der Waals surface area contributed by atoms with Crippen LogP contribution in [0, 0.1) is 0 Å². The molecule has 118 valence electrons. The van der Waals surface area contributed by atoms with E-state index in [1.165, 1.54) is 4.57 Å². The van der Waals surface area contributed by atoms with Gasteiger partial charge in [0.2, 0.25) is 0 Å². The van der Waals surface area contributed by atoms with E-state index in [1.54, 1.807) is 17.4 Å². The fraction of sp³-hybridized carbons (Fsp3) is 0. The maximum Gasteiger partial charge on any atom is 0.262 e. The van der Waals surface area contributed by atoms with Gasteiger partial charge < -0.3 is 5.73 Å². The van der Waals surface area contributed by atoms with Crippen LogP contribution in [0.5, 0.6) is 0 Å². The van der Waals surface area contributed by atoms with Crippen LogP contribution in [0.4, 0.5) is 5.82 Å². The lowest BCUT2D eigenvalue weighted by Gasteiger charge is -2.12. The van der Waals surface area contributed by atoms with Crippen LogP contribution >= 0.6 is 11.3 Å². The van der Waals surface area contributed by atoms with E-state index in [0.717, 1.165) is 16.5 Å². The van der Waals surface area contributed by atoms with Crippen molar-refractivity contribution < 1.29 is 9.59 Å². The number of nitrogens with zero attached hydrogens (tertiary/aromatic N) is 1. The summed E-state index contributed by atoms with van der Waals surface area (Å²) in [5, 5.41) is 4.12. The number of imide groups is 1. The van der Waals surface area contributed by atoms with Crippen molar-refractivity contribution in [3.8, 4) is 16.1 Å². The lowest BCUT2D eigenvalue weighted by atomic mass is 10.1. The van der Waals surface area contributed by atoms with Crippen LogP contribution in [0.25, 0.3) is 16.1 Å². The average Bonchev–Trinajstić information content (AvgIpc) is 3.17. The van der Waals surface area contributed by atoms with Crippen molar-refractivity contribution in [3.63, 3.8) is 0 Å². The molecule has 0 saturated carbocycles. The number of aromatic nitrogens is 1. The highest BCUT2D eigenvalue weighted by molar-refractivity contribution is 7.13. The molecule has 3 N–H and O–H groups in total. The quantitative estimate of drug-likeness (QED) is 0.700. The van der Waals surface area contributed by atoms with E-state index in [9.17, 15) is 14.4 Å². The van der Waals surface area contributed by atoms with Crippen molar-refractivity contribution in [1.82, 2.24) is 9.88 Å². The molecule has 0 spiro atoms. The smallest absolute Gasteiger partial charge is 0.262 e. The normalized spacial score (nSPS) is 13.0. The first kappa shape index (κ1) is 14.4. The molecule has 1 aliphatic rings. The maximum atomic E-state index is 12.4. The summed E-state index contributed by atoms with van der Waals surface area (Å²) in [6.07, 6.45) is 0. The molecule has 7 heteroatoms. The predicted molar refractivity (Wildman–Crippen MR) is 91.6 cm³/mol. The third kappa shape index (κ3) is 2.06. The van der Waals surface area contributed by atoms with E-state index in [0.29, 0.717) is 5.69 Å². The van der Waals surface area contributed by atoms with Gasteiger partial charge in [0, 0.05) is 10.9 Å². The Balaban J connectivity index is 1.94. The summed E-state index contributed by atoms with van der Waals surface area (Å²) < 4.78 is 1.24. The number of hydrogen-bond acceptors (Lipinski definition) is 5. The zero-order valence-electron chi connectivity index (χ0n) is 12.3. The van der Waals surface area contributed by atoms with Crippen LogP contribution < -0.4 is 16.6 Å². The van der Waals surface area contributed by atoms with E-state index in [-0.39, 0.29) is 16.9 Å². The van der Waals surface area contributed by atoms with Gasteiger partial charge in [0.15, 0.2) is 0 Å². The topological polar surface area (TPSA) is 94.2 Å². The van der Waals surface area contributed by atoms with Crippen molar-refractivity contribution in [1.29, 1.82) is 0 Å². The Kier molecular flexibility index (Phi) is 3.10. The van der Waals surface area contributed by atoms with Gasteiger partial charge in [0.1, 0.15) is 5.82 Å². The van der Waals surface area contributed by atoms with Gasteiger partial charge in [-0.3, -0.25) is 24.3 Å². The van der Waals surface area contributed by atoms with E-state index in [1.807, 2.05) is 35.7 Å². The molecule has 0 saturated heterocycles. The monoisotopic (exact) mass is 337 g/mol. The van der Waals surface area contributed by atoms with Gasteiger partial charge in [-0.2, -0.15) is 0 Å². The van der Waals surface area contributed by atoms with Gasteiger partial charge in [-0.25, -0.2) is 0 Å². The highest BCUT2D eigenvalue weighted by atomic mass is 32.1. The summed E-state index contributed by atoms with van der Waals surface area (Å²) in [5.41, 5.74) is 7.13. The maximum absolute atomic E-state index is 12.4. The molecular weight excluding hydrogens is 326 g/mol. The number of fused-ring (bicyclic) bond motifs is 1. The number of amides is 2. The number of carbonyl (C=O) groups is 2. The second-order valence-corrected chi connectivity index (χ2v) is 6.25. The lowest BCUT2D eigenvalue weighted by molar-refractivity contribution is 0.0880. The molecule has 2 aromatic heterocycles. The van der Waals surface area contributed by atoms with Crippen LogP contribution in [-0.4, -0.2) is 16.4 Å². The van der Waals surface area contributed by atoms with E-state index in [2.05, 4.69) is 5.32 Å². The Morgan fingerprint density at radius 1 is 1.00 bits per heavy atom. The first-order valence-corrected chi connectivity index (χ1v) is 8.00. The van der Waals surface area contributed by atoms with Crippen LogP contribution in [0.15, 0.2) is 52.6 Å². The molecule has 4 rings (SSSR count). The van der Waals surface area contributed by atoms with Crippen molar-refractivity contribution in [2.75, 3.05) is 5.73 Å². The van der Waals surface area contributed by atoms with Crippen molar-refractivity contribution >= 4 is 29.0 Å². The highest BCUT2D eigenvalue weighted by Crippen LogP contribution is 2.28. The van der Waals surface area contributed by atoms with Gasteiger partial charge in [0.05, 0.1) is 16.8 Å². The minimum Gasteiger partial charge on any atom is -0.384 e. The van der Waals surface area contributed by atoms with Gasteiger partial charge in [0.25, 0.3) is 17.4 Å². The highest BCUT2D eigenvalue weighted by Gasteiger charge is 2.31. The minimum atomic E-state index is -0.599. The molecule has 1 aromatic carbocycles. The molecule has 0 unspecified atom stereocenters. The molecule has 0 fully saturated rings. The number of thiophene rings is 1. The molecule has 6 nitrogen and oxygen atoms in total. The third-order valence-electron chi connectivity index (χ3n) is 3.86. The Hall–Kier alpha value is -3.19. The zero-order valence-corrected chi connectivity index (χ0v) is 13.1. The number of pyridine rings is 1. The van der Waals surface area contributed by atoms with E-state index in [4.69, 9.17) is 5.73 Å². The van der Waals surface area contributed by atoms with E-state index >= 15 is 0 Å². The van der Waals surface area contributed by atoms with Crippen LogP contribution in [-0.2, 0) is 0 Å². The molecule has 0 bridgehead atoms. The van der Waals surface area contributed by atoms with Gasteiger partial charge in [-0.05, 0) is 29.1 Å². The number of anilines is 1. The van der Waals surface area contributed by atoms with Crippen LogP contribution in [0.2, 0.25) is 0 Å². The minimum absolute atomic E-state index is 0.0214. The van der Waals surface area contributed by atoms with Gasteiger partial charge in [-0.1, -0.05) is 18.2 Å². The number of rotatable bonds is 2. The molecule has 2 amide bonds. The van der Waals surface area contributed by atoms with Crippen LogP contribution in [0.1, 0.15) is 20.7 Å². The first-order valence-electron chi connectivity index (χ1n) is 7.12. The van der Waals surface area contributed by atoms with Crippen molar-refractivity contribution in [2.45, 2.75) is 0 Å².